The fourth-order valence-electron chi connectivity index (χ4n) is 11.7. The van der Waals surface area contributed by atoms with Crippen molar-refractivity contribution < 1.29 is 29.3 Å². The van der Waals surface area contributed by atoms with Gasteiger partial charge in [-0.2, -0.15) is 0 Å². The third kappa shape index (κ3) is 3.50. The van der Waals surface area contributed by atoms with E-state index in [1.165, 1.54) is 5.57 Å². The van der Waals surface area contributed by atoms with Crippen LogP contribution in [0.5, 0.6) is 0 Å². The molecule has 228 valence electrons. The highest BCUT2D eigenvalue weighted by Gasteiger charge is 2.75. The van der Waals surface area contributed by atoms with Crippen LogP contribution in [0.1, 0.15) is 113 Å². The molecule has 6 heteroatoms. The van der Waals surface area contributed by atoms with Gasteiger partial charge in [-0.3, -0.25) is 4.79 Å². The van der Waals surface area contributed by atoms with Crippen LogP contribution in [0, 0.1) is 50.2 Å². The van der Waals surface area contributed by atoms with Crippen LogP contribution in [-0.4, -0.2) is 40.6 Å². The van der Waals surface area contributed by atoms with E-state index in [1.54, 1.807) is 13.0 Å². The van der Waals surface area contributed by atoms with E-state index < -0.39 is 29.2 Å². The number of allylic oxidation sites excluding steroid dienone is 3. The molecule has 2 N–H and O–H groups in total. The van der Waals surface area contributed by atoms with Crippen LogP contribution < -0.4 is 0 Å². The molecule has 7 rings (SSSR count). The van der Waals surface area contributed by atoms with Gasteiger partial charge in [0.15, 0.2) is 5.79 Å². The quantitative estimate of drug-likeness (QED) is 0.215. The summed E-state index contributed by atoms with van der Waals surface area (Å²) in [6.45, 7) is 17.9. The number of carbonyl (C=O) groups is 2. The molecule has 6 fully saturated rings. The van der Waals surface area contributed by atoms with Crippen LogP contribution in [0.4, 0.5) is 0 Å². The zero-order valence-corrected chi connectivity index (χ0v) is 26.6. The minimum atomic E-state index is -1.11. The second kappa shape index (κ2) is 8.71. The minimum Gasteiger partial charge on any atom is -0.481 e. The third-order valence-electron chi connectivity index (χ3n) is 14.5. The van der Waals surface area contributed by atoms with Crippen LogP contribution >= 0.6 is 0 Å². The monoisotopic (exact) mass is 568 g/mol. The van der Waals surface area contributed by atoms with Crippen LogP contribution in [0.3, 0.4) is 0 Å². The first-order valence-electron chi connectivity index (χ1n) is 16.1. The van der Waals surface area contributed by atoms with E-state index in [1.807, 2.05) is 6.92 Å². The molecule has 2 aliphatic heterocycles. The molecule has 5 aliphatic carbocycles. The summed E-state index contributed by atoms with van der Waals surface area (Å²) in [6, 6.07) is 0. The van der Waals surface area contributed by atoms with Gasteiger partial charge < -0.3 is 19.7 Å². The largest absolute Gasteiger partial charge is 0.481 e. The Bertz CT molecular complexity index is 1220. The molecule has 2 heterocycles. The van der Waals surface area contributed by atoms with Crippen molar-refractivity contribution in [2.45, 2.75) is 125 Å². The lowest BCUT2D eigenvalue weighted by atomic mass is 9.32. The molecule has 2 bridgehead atoms. The summed E-state index contributed by atoms with van der Waals surface area (Å²) in [5, 5.41) is 22.4. The Morgan fingerprint density at radius 1 is 1.00 bits per heavy atom. The molecule has 0 radical (unpaired) electrons. The van der Waals surface area contributed by atoms with Gasteiger partial charge in [-0.1, -0.05) is 59.3 Å². The van der Waals surface area contributed by atoms with Gasteiger partial charge in [0.2, 0.25) is 0 Å². The molecule has 6 nitrogen and oxygen atoms in total. The zero-order valence-electron chi connectivity index (χ0n) is 26.6. The minimum absolute atomic E-state index is 0.000216. The summed E-state index contributed by atoms with van der Waals surface area (Å²) >= 11 is 0. The number of fused-ring (bicyclic) bond motifs is 7. The van der Waals surface area contributed by atoms with E-state index in [9.17, 15) is 19.8 Å². The molecule has 7 aliphatic rings. The Hall–Kier alpha value is -1.66. The average Bonchev–Trinajstić information content (AvgIpc) is 2.88. The molecule has 0 aromatic heterocycles. The van der Waals surface area contributed by atoms with E-state index in [0.29, 0.717) is 43.3 Å². The Balaban J connectivity index is 1.44. The first-order chi connectivity index (χ1) is 18.9. The lowest BCUT2D eigenvalue weighted by Gasteiger charge is -2.74. The first-order valence-corrected chi connectivity index (χ1v) is 16.1. The zero-order chi connectivity index (χ0) is 30.0. The predicted molar refractivity (Wildman–Crippen MR) is 157 cm³/mol. The number of carbonyl (C=O) groups excluding carboxylic acids is 1. The first kappa shape index (κ1) is 29.4. The Kier molecular flexibility index (Phi) is 6.25. The highest BCUT2D eigenvalue weighted by atomic mass is 16.6. The standard InChI is InChI=1S/C35H52O6/c1-9-21(2)27(36)41-26-19-29(3,4)18-23-22-10-11-25-32(8,31(22,7)14-16-34(23,26)28(37)38)13-12-24-30(5,6)35(39)17-15-33(24,25)20-40-35/h9-10,23-26,39H,11-20H2,1-8H3,(H,37,38)/t23?,24?,25?,26-,31?,32-,33-,34+,35+/m1/s1. The molecule has 41 heavy (non-hydrogen) atoms. The molecular weight excluding hydrogens is 516 g/mol. The molecule has 2 saturated heterocycles. The highest BCUT2D eigenvalue weighted by molar-refractivity contribution is 5.88. The maximum Gasteiger partial charge on any atom is 0.333 e. The smallest absolute Gasteiger partial charge is 0.333 e. The number of esters is 1. The maximum atomic E-state index is 13.4. The topological polar surface area (TPSA) is 93.1 Å². The molecule has 4 saturated carbocycles. The van der Waals surface area contributed by atoms with E-state index in [4.69, 9.17) is 9.47 Å². The summed E-state index contributed by atoms with van der Waals surface area (Å²) in [5.74, 6) is -1.60. The van der Waals surface area contributed by atoms with Crippen molar-refractivity contribution in [3.05, 3.63) is 23.3 Å². The normalized spacial score (nSPS) is 49.5. The van der Waals surface area contributed by atoms with E-state index in [-0.39, 0.29) is 33.0 Å². The van der Waals surface area contributed by atoms with Crippen molar-refractivity contribution in [1.82, 2.24) is 0 Å². The Morgan fingerprint density at radius 2 is 1.71 bits per heavy atom. The van der Waals surface area contributed by atoms with Crippen molar-refractivity contribution >= 4 is 11.9 Å². The van der Waals surface area contributed by atoms with Crippen molar-refractivity contribution in [1.29, 1.82) is 0 Å². The molecular formula is C35H52O6. The summed E-state index contributed by atoms with van der Waals surface area (Å²) in [7, 11) is 0. The molecule has 9 atom stereocenters. The van der Waals surface area contributed by atoms with Crippen LogP contribution in [0.2, 0.25) is 0 Å². The van der Waals surface area contributed by atoms with Crippen molar-refractivity contribution in [3.8, 4) is 0 Å². The number of aliphatic hydroxyl groups is 1. The SMILES string of the molecule is CC=C(C)C(=O)O[C@@H]1CC(C)(C)CC2C3=CCC4[C@]56CC[C@](O)(OC5)C(C)(C)C6CC[C@@]4(C)C3(C)CC[C@]21C(=O)O. The summed E-state index contributed by atoms with van der Waals surface area (Å²) in [5.41, 5.74) is 0.153. The van der Waals surface area contributed by atoms with Crippen molar-refractivity contribution in [2.24, 2.45) is 50.2 Å². The van der Waals surface area contributed by atoms with Gasteiger partial charge in [0.1, 0.15) is 11.5 Å². The van der Waals surface area contributed by atoms with Gasteiger partial charge in [0.05, 0.1) is 6.61 Å². The van der Waals surface area contributed by atoms with Crippen LogP contribution in [-0.2, 0) is 19.1 Å². The molecule has 0 aromatic rings. The van der Waals surface area contributed by atoms with Gasteiger partial charge in [-0.25, -0.2) is 4.79 Å². The molecule has 0 aromatic carbocycles. The maximum absolute atomic E-state index is 13.4. The van der Waals surface area contributed by atoms with E-state index in [0.717, 1.165) is 38.5 Å². The number of carboxylic acids is 1. The Morgan fingerprint density at radius 3 is 2.32 bits per heavy atom. The van der Waals surface area contributed by atoms with E-state index >= 15 is 0 Å². The Labute approximate surface area is 246 Å². The van der Waals surface area contributed by atoms with Crippen LogP contribution in [0.15, 0.2) is 23.3 Å². The molecule has 4 unspecified atom stereocenters. The average molecular weight is 569 g/mol. The van der Waals surface area contributed by atoms with Crippen LogP contribution in [0.25, 0.3) is 0 Å². The number of carboxylic acid groups (broad SMARTS) is 1. The summed E-state index contributed by atoms with van der Waals surface area (Å²) < 4.78 is 12.5. The van der Waals surface area contributed by atoms with Gasteiger partial charge in [0.25, 0.3) is 0 Å². The second-order valence-electron chi connectivity index (χ2n) is 16.7. The van der Waals surface area contributed by atoms with E-state index in [2.05, 4.69) is 47.6 Å². The molecule has 0 amide bonds. The van der Waals surface area contributed by atoms with Gasteiger partial charge in [0, 0.05) is 28.7 Å². The van der Waals surface area contributed by atoms with Gasteiger partial charge >= 0.3 is 11.9 Å². The lowest BCUT2D eigenvalue weighted by molar-refractivity contribution is -0.395. The summed E-state index contributed by atoms with van der Waals surface area (Å²) in [6.07, 6.45) is 10.9. The number of rotatable bonds is 3. The lowest BCUT2D eigenvalue weighted by Crippen LogP contribution is -2.73. The van der Waals surface area contributed by atoms with Gasteiger partial charge in [-0.05, 0) is 93.3 Å². The molecule has 1 spiro atoms. The van der Waals surface area contributed by atoms with Crippen molar-refractivity contribution in [2.75, 3.05) is 6.61 Å². The fraction of sp³-hybridized carbons (Fsp3) is 0.829. The number of ether oxygens (including phenoxy) is 2. The second-order valence-corrected chi connectivity index (χ2v) is 16.7. The van der Waals surface area contributed by atoms with Gasteiger partial charge in [-0.15, -0.1) is 0 Å². The number of aliphatic carboxylic acids is 1. The summed E-state index contributed by atoms with van der Waals surface area (Å²) in [4.78, 5) is 26.4. The number of hydrogen-bond acceptors (Lipinski definition) is 5. The number of hydrogen-bond donors (Lipinski definition) is 2. The third-order valence-corrected chi connectivity index (χ3v) is 14.5. The predicted octanol–water partition coefficient (Wildman–Crippen LogP) is 7.06. The van der Waals surface area contributed by atoms with Crippen molar-refractivity contribution in [3.63, 3.8) is 0 Å². The highest BCUT2D eigenvalue weighted by Crippen LogP contribution is 2.78. The fourth-order valence-corrected chi connectivity index (χ4v) is 11.7.